The fourth-order valence-electron chi connectivity index (χ4n) is 1.42. The lowest BCUT2D eigenvalue weighted by Crippen LogP contribution is -1.79. The molecule has 2 heterocycles. The van der Waals surface area contributed by atoms with E-state index in [1.807, 2.05) is 18.5 Å². The van der Waals surface area contributed by atoms with E-state index in [1.54, 1.807) is 6.20 Å². The van der Waals surface area contributed by atoms with Crippen molar-refractivity contribution in [2.75, 3.05) is 0 Å². The normalized spacial score (nSPS) is 10.3. The first-order chi connectivity index (χ1) is 6.29. The maximum absolute atomic E-state index is 4.10. The van der Waals surface area contributed by atoms with E-state index < -0.39 is 0 Å². The standard InChI is InChI=1S/C11H12N2/c1-8-9(2)13-7-11(8)10-4-3-5-12-6-10/h3-7,13H,1-2H3. The minimum absolute atomic E-state index is 1.17. The number of pyridine rings is 1. The van der Waals surface area contributed by atoms with Crippen molar-refractivity contribution in [3.63, 3.8) is 0 Å². The fourth-order valence-corrected chi connectivity index (χ4v) is 1.42. The first-order valence-electron chi connectivity index (χ1n) is 4.34. The highest BCUT2D eigenvalue weighted by Gasteiger charge is 2.04. The summed E-state index contributed by atoms with van der Waals surface area (Å²) in [7, 11) is 0. The summed E-state index contributed by atoms with van der Waals surface area (Å²) < 4.78 is 0. The number of aromatic nitrogens is 2. The quantitative estimate of drug-likeness (QED) is 0.704. The Hall–Kier alpha value is -1.57. The highest BCUT2D eigenvalue weighted by molar-refractivity contribution is 5.66. The molecule has 0 unspecified atom stereocenters. The summed E-state index contributed by atoms with van der Waals surface area (Å²) >= 11 is 0. The second kappa shape index (κ2) is 3.05. The maximum Gasteiger partial charge on any atom is 0.0346 e. The molecular weight excluding hydrogens is 160 g/mol. The molecule has 2 aromatic heterocycles. The number of aromatic amines is 1. The molecule has 0 aromatic carbocycles. The topological polar surface area (TPSA) is 28.7 Å². The van der Waals surface area contributed by atoms with E-state index in [-0.39, 0.29) is 0 Å². The lowest BCUT2D eigenvalue weighted by atomic mass is 10.1. The second-order valence-corrected chi connectivity index (χ2v) is 3.19. The Morgan fingerprint density at radius 2 is 2.15 bits per heavy atom. The highest BCUT2D eigenvalue weighted by atomic mass is 14.7. The zero-order valence-electron chi connectivity index (χ0n) is 7.83. The molecule has 0 fully saturated rings. The molecule has 0 atom stereocenters. The summed E-state index contributed by atoms with van der Waals surface area (Å²) in [5.41, 5.74) is 4.93. The molecule has 0 saturated heterocycles. The summed E-state index contributed by atoms with van der Waals surface area (Å²) in [6.07, 6.45) is 5.70. The van der Waals surface area contributed by atoms with Crippen LogP contribution in [-0.2, 0) is 0 Å². The molecule has 0 aliphatic rings. The Bertz CT molecular complexity index is 401. The van der Waals surface area contributed by atoms with Crippen LogP contribution in [0.15, 0.2) is 30.7 Å². The van der Waals surface area contributed by atoms with Crippen LogP contribution in [-0.4, -0.2) is 9.97 Å². The Morgan fingerprint density at radius 3 is 2.69 bits per heavy atom. The molecule has 2 nitrogen and oxygen atoms in total. The van der Waals surface area contributed by atoms with Gasteiger partial charge in [0.1, 0.15) is 0 Å². The van der Waals surface area contributed by atoms with Crippen LogP contribution < -0.4 is 0 Å². The van der Waals surface area contributed by atoms with Crippen molar-refractivity contribution in [1.29, 1.82) is 0 Å². The predicted molar refractivity (Wildman–Crippen MR) is 53.5 cm³/mol. The Balaban J connectivity index is 2.53. The minimum Gasteiger partial charge on any atom is -0.364 e. The number of nitrogens with one attached hydrogen (secondary N) is 1. The van der Waals surface area contributed by atoms with E-state index in [4.69, 9.17) is 0 Å². The van der Waals surface area contributed by atoms with Crippen LogP contribution >= 0.6 is 0 Å². The van der Waals surface area contributed by atoms with Crippen molar-refractivity contribution in [3.05, 3.63) is 42.0 Å². The van der Waals surface area contributed by atoms with Gasteiger partial charge in [-0.15, -0.1) is 0 Å². The Labute approximate surface area is 77.6 Å². The van der Waals surface area contributed by atoms with Crippen molar-refractivity contribution in [3.8, 4) is 11.1 Å². The molecule has 2 heteroatoms. The zero-order valence-corrected chi connectivity index (χ0v) is 7.83. The van der Waals surface area contributed by atoms with Gasteiger partial charge < -0.3 is 4.98 Å². The average Bonchev–Trinajstić information content (AvgIpc) is 2.49. The van der Waals surface area contributed by atoms with Gasteiger partial charge in [-0.3, -0.25) is 4.98 Å². The van der Waals surface area contributed by atoms with Gasteiger partial charge in [0.15, 0.2) is 0 Å². The SMILES string of the molecule is Cc1[nH]cc(-c2cccnc2)c1C. The van der Waals surface area contributed by atoms with Gasteiger partial charge in [-0.1, -0.05) is 6.07 Å². The Kier molecular flexibility index (Phi) is 1.89. The van der Waals surface area contributed by atoms with Crippen LogP contribution in [0.1, 0.15) is 11.3 Å². The molecule has 2 rings (SSSR count). The van der Waals surface area contributed by atoms with Crippen molar-refractivity contribution in [1.82, 2.24) is 9.97 Å². The van der Waals surface area contributed by atoms with Crippen LogP contribution in [0.4, 0.5) is 0 Å². The van der Waals surface area contributed by atoms with Crippen LogP contribution in [0, 0.1) is 13.8 Å². The van der Waals surface area contributed by atoms with E-state index >= 15 is 0 Å². The van der Waals surface area contributed by atoms with Gasteiger partial charge in [-0.05, 0) is 25.5 Å². The molecule has 66 valence electrons. The number of H-pyrrole nitrogens is 1. The molecule has 0 aliphatic heterocycles. The van der Waals surface area contributed by atoms with Gasteiger partial charge in [-0.25, -0.2) is 0 Å². The van der Waals surface area contributed by atoms with Gasteiger partial charge >= 0.3 is 0 Å². The number of hydrogen-bond acceptors (Lipinski definition) is 1. The Morgan fingerprint density at radius 1 is 1.31 bits per heavy atom. The smallest absolute Gasteiger partial charge is 0.0346 e. The number of rotatable bonds is 1. The first kappa shape index (κ1) is 8.05. The van der Waals surface area contributed by atoms with E-state index in [0.717, 1.165) is 0 Å². The third kappa shape index (κ3) is 1.35. The predicted octanol–water partition coefficient (Wildman–Crippen LogP) is 2.69. The van der Waals surface area contributed by atoms with Crippen molar-refractivity contribution in [2.45, 2.75) is 13.8 Å². The summed E-state index contributed by atoms with van der Waals surface area (Å²) in [6, 6.07) is 4.03. The maximum atomic E-state index is 4.10. The van der Waals surface area contributed by atoms with Crippen molar-refractivity contribution < 1.29 is 0 Å². The lowest BCUT2D eigenvalue weighted by Gasteiger charge is -1.98. The van der Waals surface area contributed by atoms with Gasteiger partial charge in [0.25, 0.3) is 0 Å². The minimum atomic E-state index is 1.17. The molecule has 0 bridgehead atoms. The monoisotopic (exact) mass is 172 g/mol. The average molecular weight is 172 g/mol. The van der Waals surface area contributed by atoms with Gasteiger partial charge in [0, 0.05) is 35.4 Å². The fraction of sp³-hybridized carbons (Fsp3) is 0.182. The van der Waals surface area contributed by atoms with Crippen LogP contribution in [0.3, 0.4) is 0 Å². The summed E-state index contributed by atoms with van der Waals surface area (Å²) in [6.45, 7) is 4.20. The van der Waals surface area contributed by atoms with Gasteiger partial charge in [0.2, 0.25) is 0 Å². The first-order valence-corrected chi connectivity index (χ1v) is 4.34. The number of hydrogen-bond donors (Lipinski definition) is 1. The third-order valence-electron chi connectivity index (χ3n) is 2.37. The largest absolute Gasteiger partial charge is 0.364 e. The molecule has 0 spiro atoms. The van der Waals surface area contributed by atoms with E-state index in [0.29, 0.717) is 0 Å². The van der Waals surface area contributed by atoms with E-state index in [2.05, 4.69) is 29.9 Å². The van der Waals surface area contributed by atoms with Gasteiger partial charge in [-0.2, -0.15) is 0 Å². The van der Waals surface area contributed by atoms with Crippen molar-refractivity contribution in [2.24, 2.45) is 0 Å². The third-order valence-corrected chi connectivity index (χ3v) is 2.37. The van der Waals surface area contributed by atoms with E-state index in [1.165, 1.54) is 22.4 Å². The molecule has 0 aliphatic carbocycles. The number of aryl methyl sites for hydroxylation is 1. The van der Waals surface area contributed by atoms with Crippen LogP contribution in [0.2, 0.25) is 0 Å². The van der Waals surface area contributed by atoms with E-state index in [9.17, 15) is 0 Å². The van der Waals surface area contributed by atoms with Crippen molar-refractivity contribution >= 4 is 0 Å². The second-order valence-electron chi connectivity index (χ2n) is 3.19. The summed E-state index contributed by atoms with van der Waals surface area (Å²) in [4.78, 5) is 7.31. The molecule has 0 saturated carbocycles. The molecule has 0 amide bonds. The van der Waals surface area contributed by atoms with Crippen LogP contribution in [0.5, 0.6) is 0 Å². The van der Waals surface area contributed by atoms with Crippen LogP contribution in [0.25, 0.3) is 11.1 Å². The summed E-state index contributed by atoms with van der Waals surface area (Å²) in [5, 5.41) is 0. The molecule has 2 aromatic rings. The summed E-state index contributed by atoms with van der Waals surface area (Å²) in [5.74, 6) is 0. The zero-order chi connectivity index (χ0) is 9.26. The van der Waals surface area contributed by atoms with Gasteiger partial charge in [0.05, 0.1) is 0 Å². The highest BCUT2D eigenvalue weighted by Crippen LogP contribution is 2.23. The molecular formula is C11H12N2. The number of nitrogens with zero attached hydrogens (tertiary/aromatic N) is 1. The molecule has 13 heavy (non-hydrogen) atoms. The molecule has 0 radical (unpaired) electrons. The lowest BCUT2D eigenvalue weighted by molar-refractivity contribution is 1.23. The molecule has 1 N–H and O–H groups in total.